The molecule has 0 atom stereocenters. The summed E-state index contributed by atoms with van der Waals surface area (Å²) in [7, 11) is -4.03. The summed E-state index contributed by atoms with van der Waals surface area (Å²) >= 11 is 0. The van der Waals surface area contributed by atoms with Gasteiger partial charge in [-0.05, 0) is 31.2 Å². The van der Waals surface area contributed by atoms with E-state index in [2.05, 4.69) is 10.5 Å². The number of anilines is 1. The molecule has 0 spiro atoms. The Morgan fingerprint density at radius 2 is 2.14 bits per heavy atom. The van der Waals surface area contributed by atoms with Crippen LogP contribution in [-0.4, -0.2) is 19.1 Å². The van der Waals surface area contributed by atoms with Gasteiger partial charge in [-0.2, -0.15) is 5.10 Å². The van der Waals surface area contributed by atoms with Crippen molar-refractivity contribution < 1.29 is 17.8 Å². The minimum absolute atomic E-state index is 0.0308. The van der Waals surface area contributed by atoms with E-state index < -0.39 is 20.6 Å². The van der Waals surface area contributed by atoms with Gasteiger partial charge in [0.1, 0.15) is 17.2 Å². The lowest BCUT2D eigenvalue weighted by Gasteiger charge is -2.05. The van der Waals surface area contributed by atoms with Crippen LogP contribution in [0.5, 0.6) is 0 Å². The smallest absolute Gasteiger partial charge is 0.295 e. The van der Waals surface area contributed by atoms with Crippen LogP contribution in [0.1, 0.15) is 12.7 Å². The SMILES string of the molecule is C/C(=N\Nc1ccc(S(N)(=O)=O)cc1[N+](=O)[O-])c1ccco1. The molecule has 9 nitrogen and oxygen atoms in total. The molecule has 1 heterocycles. The summed E-state index contributed by atoms with van der Waals surface area (Å²) in [5.74, 6) is 0.497. The standard InChI is InChI=1S/C12H12N4O5S/c1-8(12-3-2-6-21-12)14-15-10-5-4-9(22(13,19)20)7-11(10)16(17)18/h2-7,15H,1H3,(H2,13,19,20)/b14-8+. The van der Waals surface area contributed by atoms with Gasteiger partial charge in [-0.15, -0.1) is 0 Å². The molecule has 116 valence electrons. The molecule has 0 aliphatic carbocycles. The van der Waals surface area contributed by atoms with E-state index in [1.165, 1.54) is 12.3 Å². The van der Waals surface area contributed by atoms with Gasteiger partial charge in [-0.25, -0.2) is 13.6 Å². The number of nitrogens with zero attached hydrogens (tertiary/aromatic N) is 2. The molecule has 0 bridgehead atoms. The number of benzene rings is 1. The van der Waals surface area contributed by atoms with Crippen molar-refractivity contribution in [3.05, 3.63) is 52.5 Å². The van der Waals surface area contributed by atoms with Crippen molar-refractivity contribution in [1.82, 2.24) is 0 Å². The van der Waals surface area contributed by atoms with Gasteiger partial charge in [-0.3, -0.25) is 15.5 Å². The topological polar surface area (TPSA) is 141 Å². The quantitative estimate of drug-likeness (QED) is 0.487. The molecule has 0 aliphatic heterocycles. The van der Waals surface area contributed by atoms with Crippen LogP contribution in [0.2, 0.25) is 0 Å². The summed E-state index contributed by atoms with van der Waals surface area (Å²) in [6, 6.07) is 6.60. The molecular weight excluding hydrogens is 312 g/mol. The third-order valence-corrected chi connectivity index (χ3v) is 3.63. The second-order valence-electron chi connectivity index (χ2n) is 4.27. The van der Waals surface area contributed by atoms with E-state index in [1.54, 1.807) is 19.1 Å². The van der Waals surface area contributed by atoms with Crippen molar-refractivity contribution in [2.45, 2.75) is 11.8 Å². The summed E-state index contributed by atoms with van der Waals surface area (Å²) in [4.78, 5) is 9.96. The molecule has 2 rings (SSSR count). The first-order valence-corrected chi connectivity index (χ1v) is 7.49. The van der Waals surface area contributed by atoms with Crippen molar-refractivity contribution in [2.75, 3.05) is 5.43 Å². The fourth-order valence-corrected chi connectivity index (χ4v) is 2.15. The highest BCUT2D eigenvalue weighted by Gasteiger charge is 2.19. The van der Waals surface area contributed by atoms with Gasteiger partial charge in [0.15, 0.2) is 0 Å². The number of nitrogens with one attached hydrogen (secondary N) is 1. The lowest BCUT2D eigenvalue weighted by Crippen LogP contribution is -2.12. The Kier molecular flexibility index (Phi) is 4.24. The first kappa shape index (κ1) is 15.7. The van der Waals surface area contributed by atoms with Gasteiger partial charge < -0.3 is 4.42 Å². The largest absolute Gasteiger partial charge is 0.463 e. The van der Waals surface area contributed by atoms with E-state index in [1.807, 2.05) is 0 Å². The lowest BCUT2D eigenvalue weighted by atomic mass is 10.3. The van der Waals surface area contributed by atoms with Gasteiger partial charge in [0, 0.05) is 6.07 Å². The Morgan fingerprint density at radius 1 is 1.41 bits per heavy atom. The van der Waals surface area contributed by atoms with Crippen LogP contribution in [0.25, 0.3) is 0 Å². The highest BCUT2D eigenvalue weighted by atomic mass is 32.2. The molecule has 3 N–H and O–H groups in total. The zero-order chi connectivity index (χ0) is 16.3. The lowest BCUT2D eigenvalue weighted by molar-refractivity contribution is -0.384. The van der Waals surface area contributed by atoms with E-state index in [9.17, 15) is 18.5 Å². The van der Waals surface area contributed by atoms with Crippen molar-refractivity contribution in [3.63, 3.8) is 0 Å². The molecule has 0 amide bonds. The molecule has 0 fully saturated rings. The normalized spacial score (nSPS) is 12.2. The molecule has 0 radical (unpaired) electrons. The molecule has 22 heavy (non-hydrogen) atoms. The average molecular weight is 324 g/mol. The van der Waals surface area contributed by atoms with Crippen molar-refractivity contribution >= 4 is 27.1 Å². The van der Waals surface area contributed by atoms with Crippen molar-refractivity contribution in [2.24, 2.45) is 10.2 Å². The number of hydrogen-bond donors (Lipinski definition) is 2. The highest BCUT2D eigenvalue weighted by molar-refractivity contribution is 7.89. The van der Waals surface area contributed by atoms with Gasteiger partial charge in [0.25, 0.3) is 5.69 Å². The highest BCUT2D eigenvalue weighted by Crippen LogP contribution is 2.27. The maximum absolute atomic E-state index is 11.2. The number of furan rings is 1. The van der Waals surface area contributed by atoms with E-state index in [0.717, 1.165) is 12.1 Å². The maximum atomic E-state index is 11.2. The zero-order valence-corrected chi connectivity index (χ0v) is 12.2. The summed E-state index contributed by atoms with van der Waals surface area (Å²) in [5, 5.41) is 19.9. The first-order chi connectivity index (χ1) is 10.3. The molecule has 2 aromatic rings. The second kappa shape index (κ2) is 5.95. The van der Waals surface area contributed by atoms with Crippen LogP contribution in [0, 0.1) is 10.1 Å². The number of rotatable bonds is 5. The Labute approximate surface area is 125 Å². The number of nitro groups is 1. The van der Waals surface area contributed by atoms with Crippen molar-refractivity contribution in [3.8, 4) is 0 Å². The van der Waals surface area contributed by atoms with E-state index in [0.29, 0.717) is 11.5 Å². The fraction of sp³-hybridized carbons (Fsp3) is 0.0833. The zero-order valence-electron chi connectivity index (χ0n) is 11.4. The number of nitro benzene ring substituents is 1. The number of hydrazone groups is 1. The van der Waals surface area contributed by atoms with E-state index in [4.69, 9.17) is 9.56 Å². The minimum Gasteiger partial charge on any atom is -0.463 e. The van der Waals surface area contributed by atoms with Crippen molar-refractivity contribution in [1.29, 1.82) is 0 Å². The molecule has 10 heteroatoms. The number of nitrogens with two attached hydrogens (primary N) is 1. The van der Waals surface area contributed by atoms with Gasteiger partial charge >= 0.3 is 0 Å². The summed E-state index contributed by atoms with van der Waals surface area (Å²) < 4.78 is 27.6. The summed E-state index contributed by atoms with van der Waals surface area (Å²) in [6.07, 6.45) is 1.47. The fourth-order valence-electron chi connectivity index (χ4n) is 1.62. The Bertz CT molecular complexity index is 827. The van der Waals surface area contributed by atoms with E-state index >= 15 is 0 Å². The molecule has 0 saturated heterocycles. The second-order valence-corrected chi connectivity index (χ2v) is 5.83. The van der Waals surface area contributed by atoms with Crippen LogP contribution in [-0.2, 0) is 10.0 Å². The first-order valence-electron chi connectivity index (χ1n) is 5.94. The maximum Gasteiger partial charge on any atom is 0.295 e. The third kappa shape index (κ3) is 3.48. The molecule has 0 saturated carbocycles. The Balaban J connectivity index is 2.35. The van der Waals surface area contributed by atoms with Crippen LogP contribution < -0.4 is 10.6 Å². The van der Waals surface area contributed by atoms with Crippen LogP contribution >= 0.6 is 0 Å². The summed E-state index contributed by atoms with van der Waals surface area (Å²) in [6.45, 7) is 1.65. The van der Waals surface area contributed by atoms with Gasteiger partial charge in [-0.1, -0.05) is 0 Å². The molecule has 0 unspecified atom stereocenters. The van der Waals surface area contributed by atoms with E-state index in [-0.39, 0.29) is 10.6 Å². The van der Waals surface area contributed by atoms with Gasteiger partial charge in [0.2, 0.25) is 10.0 Å². The van der Waals surface area contributed by atoms with Crippen LogP contribution in [0.4, 0.5) is 11.4 Å². The Hall–Kier alpha value is -2.72. The van der Waals surface area contributed by atoms with Crippen LogP contribution in [0.15, 0.2) is 51.0 Å². The predicted octanol–water partition coefficient (Wildman–Crippen LogP) is 1.67. The van der Waals surface area contributed by atoms with Gasteiger partial charge in [0.05, 0.1) is 16.1 Å². The van der Waals surface area contributed by atoms with Crippen LogP contribution in [0.3, 0.4) is 0 Å². The molecular formula is C12H12N4O5S. The number of primary sulfonamides is 1. The Morgan fingerprint density at radius 3 is 2.68 bits per heavy atom. The summed E-state index contributed by atoms with van der Waals surface area (Å²) in [5.41, 5.74) is 2.55. The monoisotopic (exact) mass is 324 g/mol. The number of sulfonamides is 1. The predicted molar refractivity (Wildman–Crippen MR) is 79.0 cm³/mol. The average Bonchev–Trinajstić information content (AvgIpc) is 2.97. The molecule has 1 aromatic carbocycles. The third-order valence-electron chi connectivity index (χ3n) is 2.72. The number of hydrogen-bond acceptors (Lipinski definition) is 7. The minimum atomic E-state index is -4.03. The molecule has 1 aromatic heterocycles. The molecule has 0 aliphatic rings.